The summed E-state index contributed by atoms with van der Waals surface area (Å²) < 4.78 is 0. The van der Waals surface area contributed by atoms with Crippen molar-refractivity contribution in [1.29, 1.82) is 0 Å². The van der Waals surface area contributed by atoms with Crippen LogP contribution < -0.4 is 0 Å². The first-order valence-electron chi connectivity index (χ1n) is 9.28. The summed E-state index contributed by atoms with van der Waals surface area (Å²) >= 11 is 0. The Balaban J connectivity index is 1.51. The third-order valence-corrected chi connectivity index (χ3v) is 5.10. The monoisotopic (exact) mass is 355 g/mol. The van der Waals surface area contributed by atoms with Crippen molar-refractivity contribution < 1.29 is 9.59 Å². The topological polar surface area (TPSA) is 37.4 Å². The first-order valence-corrected chi connectivity index (χ1v) is 9.28. The Bertz CT molecular complexity index is 933. The van der Waals surface area contributed by atoms with Crippen LogP contribution in [0.1, 0.15) is 28.8 Å². The van der Waals surface area contributed by atoms with Crippen molar-refractivity contribution in [3.63, 3.8) is 0 Å². The first-order chi connectivity index (χ1) is 13.2. The van der Waals surface area contributed by atoms with Gasteiger partial charge in [-0.15, -0.1) is 0 Å². The fourth-order valence-electron chi connectivity index (χ4n) is 3.67. The Morgan fingerprint density at radius 2 is 1.41 bits per heavy atom. The van der Waals surface area contributed by atoms with Gasteiger partial charge in [0.05, 0.1) is 0 Å². The van der Waals surface area contributed by atoms with Crippen LogP contribution in [-0.4, -0.2) is 22.8 Å². The van der Waals surface area contributed by atoms with Gasteiger partial charge in [-0.3, -0.25) is 14.5 Å². The van der Waals surface area contributed by atoms with Crippen LogP contribution in [0.4, 0.5) is 0 Å². The average Bonchev–Trinajstić information content (AvgIpc) is 3.09. The molecule has 4 rings (SSSR count). The summed E-state index contributed by atoms with van der Waals surface area (Å²) in [4.78, 5) is 26.6. The molecule has 3 heteroatoms. The molecule has 27 heavy (non-hydrogen) atoms. The summed E-state index contributed by atoms with van der Waals surface area (Å²) in [6.45, 7) is 0. The zero-order chi connectivity index (χ0) is 18.6. The molecule has 0 spiro atoms. The lowest BCUT2D eigenvalue weighted by molar-refractivity contribution is -0.126. The van der Waals surface area contributed by atoms with Crippen molar-refractivity contribution in [3.05, 3.63) is 96.1 Å². The molecule has 0 saturated carbocycles. The maximum Gasteiger partial charge on any atom is 0.260 e. The molecule has 1 aliphatic heterocycles. The van der Waals surface area contributed by atoms with E-state index in [9.17, 15) is 9.59 Å². The smallest absolute Gasteiger partial charge is 0.260 e. The fraction of sp³-hybridized carbons (Fsp3) is 0.167. The van der Waals surface area contributed by atoms with Crippen molar-refractivity contribution in [3.8, 4) is 11.1 Å². The van der Waals surface area contributed by atoms with Crippen molar-refractivity contribution in [1.82, 2.24) is 4.90 Å². The van der Waals surface area contributed by atoms with E-state index in [1.54, 1.807) is 12.1 Å². The van der Waals surface area contributed by atoms with Gasteiger partial charge in [0, 0.05) is 18.0 Å². The number of hydrogen-bond donors (Lipinski definition) is 0. The molecule has 1 atom stereocenters. The number of likely N-dealkylation sites (tertiary alicyclic amines) is 1. The summed E-state index contributed by atoms with van der Waals surface area (Å²) in [5.74, 6) is -0.265. The van der Waals surface area contributed by atoms with E-state index < -0.39 is 0 Å². The number of nitrogens with zero attached hydrogens (tertiary/aromatic N) is 1. The highest BCUT2D eigenvalue weighted by Gasteiger charge is 2.36. The van der Waals surface area contributed by atoms with Gasteiger partial charge in [0.1, 0.15) is 0 Å². The second-order valence-electron chi connectivity index (χ2n) is 6.89. The molecule has 3 aromatic carbocycles. The number of amides is 2. The third kappa shape index (κ3) is 3.68. The zero-order valence-electron chi connectivity index (χ0n) is 15.0. The van der Waals surface area contributed by atoms with E-state index in [1.165, 1.54) is 16.0 Å². The lowest BCUT2D eigenvalue weighted by atomic mass is 9.99. The molecular formula is C24H21NO2. The highest BCUT2D eigenvalue weighted by molar-refractivity contribution is 6.06. The number of hydrogen-bond acceptors (Lipinski definition) is 2. The maximum absolute atomic E-state index is 12.8. The second-order valence-corrected chi connectivity index (χ2v) is 6.89. The van der Waals surface area contributed by atoms with Gasteiger partial charge < -0.3 is 0 Å². The van der Waals surface area contributed by atoms with Crippen LogP contribution in [0.5, 0.6) is 0 Å². The maximum atomic E-state index is 12.8. The number of benzene rings is 3. The Morgan fingerprint density at radius 1 is 0.815 bits per heavy atom. The molecule has 0 aliphatic carbocycles. The summed E-state index contributed by atoms with van der Waals surface area (Å²) in [6, 6.07) is 27.6. The van der Waals surface area contributed by atoms with Crippen molar-refractivity contribution in [2.75, 3.05) is 0 Å². The lowest BCUT2D eigenvalue weighted by Crippen LogP contribution is -2.39. The summed E-state index contributed by atoms with van der Waals surface area (Å²) in [5.41, 5.74) is 4.05. The van der Waals surface area contributed by atoms with E-state index in [4.69, 9.17) is 0 Å². The van der Waals surface area contributed by atoms with Gasteiger partial charge in [-0.2, -0.15) is 0 Å². The molecule has 0 N–H and O–H groups in total. The zero-order valence-corrected chi connectivity index (χ0v) is 15.0. The SMILES string of the molecule is O=C1CC[C@@H](Cc2ccc(-c3ccccc3)cc2)N1C(=O)c1ccccc1. The third-order valence-electron chi connectivity index (χ3n) is 5.10. The quantitative estimate of drug-likeness (QED) is 0.635. The highest BCUT2D eigenvalue weighted by Crippen LogP contribution is 2.26. The van der Waals surface area contributed by atoms with Gasteiger partial charge in [0.15, 0.2) is 0 Å². The number of carbonyl (C=O) groups excluding carboxylic acids is 2. The van der Waals surface area contributed by atoms with Crippen LogP contribution in [0.2, 0.25) is 0 Å². The molecule has 1 heterocycles. The van der Waals surface area contributed by atoms with Gasteiger partial charge in [-0.25, -0.2) is 0 Å². The van der Waals surface area contributed by atoms with Gasteiger partial charge in [0.2, 0.25) is 5.91 Å². The molecule has 0 unspecified atom stereocenters. The average molecular weight is 355 g/mol. The Morgan fingerprint density at radius 3 is 2.07 bits per heavy atom. The second kappa shape index (κ2) is 7.58. The van der Waals surface area contributed by atoms with Crippen molar-refractivity contribution in [2.24, 2.45) is 0 Å². The number of imide groups is 1. The van der Waals surface area contributed by atoms with Gasteiger partial charge >= 0.3 is 0 Å². The van der Waals surface area contributed by atoms with E-state index >= 15 is 0 Å². The highest BCUT2D eigenvalue weighted by atomic mass is 16.2. The first kappa shape index (κ1) is 17.2. The molecule has 0 radical (unpaired) electrons. The van der Waals surface area contributed by atoms with E-state index in [2.05, 4.69) is 36.4 Å². The molecule has 3 nitrogen and oxygen atoms in total. The summed E-state index contributed by atoms with van der Waals surface area (Å²) in [7, 11) is 0. The Labute approximate surface area is 159 Å². The van der Waals surface area contributed by atoms with Crippen molar-refractivity contribution in [2.45, 2.75) is 25.3 Å². The van der Waals surface area contributed by atoms with Crippen molar-refractivity contribution >= 4 is 11.8 Å². The predicted molar refractivity (Wildman–Crippen MR) is 106 cm³/mol. The molecule has 1 fully saturated rings. The molecule has 3 aromatic rings. The molecule has 1 aliphatic rings. The van der Waals surface area contributed by atoms with Crippen LogP contribution >= 0.6 is 0 Å². The molecule has 0 bridgehead atoms. The van der Waals surface area contributed by atoms with Crippen LogP contribution in [0.3, 0.4) is 0 Å². The summed E-state index contributed by atoms with van der Waals surface area (Å²) in [5, 5.41) is 0. The standard InChI is InChI=1S/C24H21NO2/c26-23-16-15-22(25(23)24(27)21-9-5-2-6-10-21)17-18-11-13-20(14-12-18)19-7-3-1-4-8-19/h1-14,22H,15-17H2/t22-/m0/s1. The molecule has 2 amide bonds. The van der Waals surface area contributed by atoms with Gasteiger partial charge in [-0.05, 0) is 41.7 Å². The normalized spacial score (nSPS) is 16.5. The fourth-order valence-corrected chi connectivity index (χ4v) is 3.67. The Kier molecular flexibility index (Phi) is 4.84. The van der Waals surface area contributed by atoms with Gasteiger partial charge in [-0.1, -0.05) is 72.8 Å². The minimum atomic E-state index is -0.191. The summed E-state index contributed by atoms with van der Waals surface area (Å²) in [6.07, 6.45) is 1.85. The van der Waals surface area contributed by atoms with E-state index in [1.807, 2.05) is 36.4 Å². The molecule has 134 valence electrons. The van der Waals surface area contributed by atoms with Crippen LogP contribution in [0.15, 0.2) is 84.9 Å². The largest absolute Gasteiger partial charge is 0.275 e. The van der Waals surface area contributed by atoms with E-state index in [0.29, 0.717) is 18.4 Å². The Hall–Kier alpha value is -3.20. The molecule has 1 saturated heterocycles. The predicted octanol–water partition coefficient (Wildman–Crippen LogP) is 4.73. The number of carbonyl (C=O) groups is 2. The minimum absolute atomic E-state index is 0.0743. The van der Waals surface area contributed by atoms with Gasteiger partial charge in [0.25, 0.3) is 5.91 Å². The minimum Gasteiger partial charge on any atom is -0.275 e. The van der Waals surface area contributed by atoms with Crippen LogP contribution in [0.25, 0.3) is 11.1 Å². The van der Waals surface area contributed by atoms with Crippen LogP contribution in [-0.2, 0) is 11.2 Å². The van der Waals surface area contributed by atoms with Crippen LogP contribution in [0, 0.1) is 0 Å². The molecular weight excluding hydrogens is 334 g/mol. The van der Waals surface area contributed by atoms with E-state index in [0.717, 1.165) is 12.0 Å². The van der Waals surface area contributed by atoms with E-state index in [-0.39, 0.29) is 17.9 Å². The lowest BCUT2D eigenvalue weighted by Gasteiger charge is -2.23. The molecule has 0 aromatic heterocycles. The number of rotatable bonds is 4.